The molecule has 112 valence electrons. The van der Waals surface area contributed by atoms with Gasteiger partial charge in [-0.1, -0.05) is 11.6 Å². The molecule has 0 fully saturated rings. The first-order valence-electron chi connectivity index (χ1n) is 5.43. The van der Waals surface area contributed by atoms with E-state index in [-0.39, 0.29) is 8.55 Å². The lowest BCUT2D eigenvalue weighted by atomic mass is 10.2. The number of nitrogens with one attached hydrogen (secondary N) is 1. The van der Waals surface area contributed by atoms with Crippen molar-refractivity contribution < 1.29 is 13.3 Å². The number of rotatable bonds is 4. The summed E-state index contributed by atoms with van der Waals surface area (Å²) in [7, 11) is -3.91. The van der Waals surface area contributed by atoms with E-state index in [2.05, 4.69) is 27.3 Å². The van der Waals surface area contributed by atoms with Gasteiger partial charge in [-0.25, -0.2) is 8.42 Å². The van der Waals surface area contributed by atoms with Gasteiger partial charge in [-0.3, -0.25) is 14.8 Å². The number of benzene rings is 1. The lowest BCUT2D eigenvalue weighted by Crippen LogP contribution is -2.12. The highest BCUT2D eigenvalue weighted by Crippen LogP contribution is 2.37. The number of nitrogens with zero attached hydrogens (tertiary/aromatic N) is 1. The summed E-state index contributed by atoms with van der Waals surface area (Å²) in [5.41, 5.74) is 0.756. The molecule has 21 heavy (non-hydrogen) atoms. The average Bonchev–Trinajstić information content (AvgIpc) is 2.76. The molecule has 0 amide bonds. The van der Waals surface area contributed by atoms with Crippen molar-refractivity contribution in [2.75, 3.05) is 4.72 Å². The molecule has 0 saturated heterocycles. The van der Waals surface area contributed by atoms with Crippen molar-refractivity contribution in [1.82, 2.24) is 0 Å². The van der Waals surface area contributed by atoms with Crippen LogP contribution in [0.5, 0.6) is 0 Å². The van der Waals surface area contributed by atoms with Gasteiger partial charge < -0.3 is 0 Å². The number of thiophene rings is 1. The maximum absolute atomic E-state index is 12.2. The van der Waals surface area contributed by atoms with Gasteiger partial charge in [0.1, 0.15) is 4.21 Å². The molecule has 0 bridgehead atoms. The SMILES string of the molecule is Cc1cc(I)ccc1NS(=O)(=O)c1cc([N+](=O)[O-])c(Cl)s1. The largest absolute Gasteiger partial charge is 0.300 e. The highest BCUT2D eigenvalue weighted by Gasteiger charge is 2.25. The van der Waals surface area contributed by atoms with Crippen LogP contribution in [0, 0.1) is 20.6 Å². The Hall–Kier alpha value is -0.910. The second-order valence-electron chi connectivity index (χ2n) is 4.05. The van der Waals surface area contributed by atoms with E-state index in [1.54, 1.807) is 19.1 Å². The molecule has 0 aliphatic carbocycles. The summed E-state index contributed by atoms with van der Waals surface area (Å²) >= 11 is 8.45. The zero-order valence-corrected chi connectivity index (χ0v) is 15.0. The monoisotopic (exact) mass is 458 g/mol. The smallest absolute Gasteiger partial charge is 0.279 e. The van der Waals surface area contributed by atoms with Crippen LogP contribution in [0.15, 0.2) is 28.5 Å². The minimum atomic E-state index is -3.91. The summed E-state index contributed by atoms with van der Waals surface area (Å²) in [6.07, 6.45) is 0. The van der Waals surface area contributed by atoms with Crippen LogP contribution >= 0.6 is 45.5 Å². The van der Waals surface area contributed by atoms with Crippen molar-refractivity contribution in [3.8, 4) is 0 Å². The first-order chi connectivity index (χ1) is 9.70. The number of nitro groups is 1. The van der Waals surface area contributed by atoms with Gasteiger partial charge in [0, 0.05) is 9.64 Å². The van der Waals surface area contributed by atoms with E-state index in [0.29, 0.717) is 17.0 Å². The Labute approximate surface area is 143 Å². The molecule has 0 aliphatic rings. The normalized spacial score (nSPS) is 11.4. The third kappa shape index (κ3) is 3.65. The van der Waals surface area contributed by atoms with E-state index >= 15 is 0 Å². The first kappa shape index (κ1) is 16.5. The van der Waals surface area contributed by atoms with Crippen LogP contribution in [0.3, 0.4) is 0 Å². The fourth-order valence-electron chi connectivity index (χ4n) is 1.53. The zero-order valence-electron chi connectivity index (χ0n) is 10.5. The van der Waals surface area contributed by atoms with Crippen LogP contribution in [0.25, 0.3) is 0 Å². The van der Waals surface area contributed by atoms with Gasteiger partial charge in [0.05, 0.1) is 10.6 Å². The van der Waals surface area contributed by atoms with E-state index < -0.39 is 20.6 Å². The van der Waals surface area contributed by atoms with Crippen LogP contribution in [-0.2, 0) is 10.0 Å². The molecule has 1 N–H and O–H groups in total. The minimum Gasteiger partial charge on any atom is -0.279 e. The third-order valence-electron chi connectivity index (χ3n) is 2.54. The summed E-state index contributed by atoms with van der Waals surface area (Å²) in [5.74, 6) is 0. The molecule has 0 aliphatic heterocycles. The number of hydrogen-bond acceptors (Lipinski definition) is 5. The zero-order chi connectivity index (χ0) is 15.8. The van der Waals surface area contributed by atoms with Gasteiger partial charge in [-0.2, -0.15) is 0 Å². The molecule has 0 saturated carbocycles. The molecule has 2 rings (SSSR count). The van der Waals surface area contributed by atoms with E-state index in [9.17, 15) is 18.5 Å². The second kappa shape index (κ2) is 6.07. The van der Waals surface area contributed by atoms with Gasteiger partial charge in [-0.15, -0.1) is 11.3 Å². The molecule has 0 radical (unpaired) electrons. The predicted octanol–water partition coefficient (Wildman–Crippen LogP) is 4.02. The maximum Gasteiger partial charge on any atom is 0.300 e. The minimum absolute atomic E-state index is 0.167. The van der Waals surface area contributed by atoms with Gasteiger partial charge in [0.25, 0.3) is 15.7 Å². The molecule has 0 atom stereocenters. The summed E-state index contributed by atoms with van der Waals surface area (Å²) in [6, 6.07) is 6.17. The van der Waals surface area contributed by atoms with Crippen molar-refractivity contribution >= 4 is 66.9 Å². The molecular weight excluding hydrogens is 451 g/mol. The Morgan fingerprint density at radius 1 is 1.38 bits per heavy atom. The molecule has 2 aromatic rings. The molecule has 10 heteroatoms. The van der Waals surface area contributed by atoms with Crippen LogP contribution in [0.4, 0.5) is 11.4 Å². The van der Waals surface area contributed by atoms with E-state index in [0.717, 1.165) is 15.2 Å². The Balaban J connectivity index is 2.38. The molecule has 0 spiro atoms. The van der Waals surface area contributed by atoms with Crippen molar-refractivity contribution in [2.24, 2.45) is 0 Å². The third-order valence-corrected chi connectivity index (χ3v) is 6.39. The lowest BCUT2D eigenvalue weighted by Gasteiger charge is -2.09. The quantitative estimate of drug-likeness (QED) is 0.426. The topological polar surface area (TPSA) is 89.3 Å². The molecule has 1 aromatic heterocycles. The van der Waals surface area contributed by atoms with Gasteiger partial charge >= 0.3 is 0 Å². The van der Waals surface area contributed by atoms with Crippen LogP contribution in [0.1, 0.15) is 5.56 Å². The average molecular weight is 459 g/mol. The molecule has 1 heterocycles. The summed E-state index contributed by atoms with van der Waals surface area (Å²) in [5, 5.41) is 10.7. The molecular formula is C11H8ClIN2O4S2. The predicted molar refractivity (Wildman–Crippen MR) is 90.7 cm³/mol. The highest BCUT2D eigenvalue weighted by atomic mass is 127. The Kier molecular flexibility index (Phi) is 4.76. The number of aryl methyl sites for hydroxylation is 1. The maximum atomic E-state index is 12.2. The fraction of sp³-hybridized carbons (Fsp3) is 0.0909. The molecule has 6 nitrogen and oxygen atoms in total. The number of sulfonamides is 1. The van der Waals surface area contributed by atoms with Crippen molar-refractivity contribution in [3.63, 3.8) is 0 Å². The summed E-state index contributed by atoms with van der Waals surface area (Å²) in [4.78, 5) is 10.0. The second-order valence-corrected chi connectivity index (χ2v) is 8.86. The first-order valence-corrected chi connectivity index (χ1v) is 9.19. The lowest BCUT2D eigenvalue weighted by molar-refractivity contribution is -0.384. The van der Waals surface area contributed by atoms with Crippen molar-refractivity contribution in [1.29, 1.82) is 0 Å². The molecule has 0 unspecified atom stereocenters. The number of halogens is 2. The van der Waals surface area contributed by atoms with Crippen molar-refractivity contribution in [3.05, 3.63) is 47.8 Å². The summed E-state index contributed by atoms with van der Waals surface area (Å²) in [6.45, 7) is 1.77. The van der Waals surface area contributed by atoms with Crippen LogP contribution in [-0.4, -0.2) is 13.3 Å². The summed E-state index contributed by atoms with van der Waals surface area (Å²) < 4.78 is 27.5. The van der Waals surface area contributed by atoms with Crippen LogP contribution < -0.4 is 4.72 Å². The Bertz CT molecular complexity index is 820. The fourth-order valence-corrected chi connectivity index (χ4v) is 4.97. The van der Waals surface area contributed by atoms with Gasteiger partial charge in [0.15, 0.2) is 4.34 Å². The molecule has 1 aromatic carbocycles. The van der Waals surface area contributed by atoms with E-state index in [4.69, 9.17) is 11.6 Å². The number of anilines is 1. The van der Waals surface area contributed by atoms with E-state index in [1.807, 2.05) is 6.07 Å². The number of hydrogen-bond donors (Lipinski definition) is 1. The van der Waals surface area contributed by atoms with E-state index in [1.165, 1.54) is 0 Å². The van der Waals surface area contributed by atoms with Crippen LogP contribution in [0.2, 0.25) is 4.34 Å². The Morgan fingerprint density at radius 3 is 2.57 bits per heavy atom. The van der Waals surface area contributed by atoms with Gasteiger partial charge in [0.2, 0.25) is 0 Å². The standard InChI is InChI=1S/C11H8ClIN2O4S2/c1-6-4-7(13)2-3-8(6)14-21(18,19)10-5-9(15(16)17)11(12)20-10/h2-5,14H,1H3. The van der Waals surface area contributed by atoms with Crippen molar-refractivity contribution in [2.45, 2.75) is 11.1 Å². The van der Waals surface area contributed by atoms with Gasteiger partial charge in [-0.05, 0) is 53.3 Å². The Morgan fingerprint density at radius 2 is 2.05 bits per heavy atom. The highest BCUT2D eigenvalue weighted by molar-refractivity contribution is 14.1.